The minimum Gasteiger partial charge on any atom is -0.383 e. The average Bonchev–Trinajstić information content (AvgIpc) is 2.18. The molecule has 14 heavy (non-hydrogen) atoms. The molecule has 1 atom stereocenters. The molecule has 0 rings (SSSR count). The van der Waals surface area contributed by atoms with Gasteiger partial charge in [0.25, 0.3) is 0 Å². The summed E-state index contributed by atoms with van der Waals surface area (Å²) < 4.78 is 5.14. The largest absolute Gasteiger partial charge is 0.383 e. The Bertz CT molecular complexity index is 139. The molecule has 0 spiro atoms. The molecule has 0 aromatic heterocycles. The second-order valence-corrected chi connectivity index (χ2v) is 3.43. The monoisotopic (exact) mass is 200 g/mol. The van der Waals surface area contributed by atoms with Gasteiger partial charge in [-0.2, -0.15) is 0 Å². The standard InChI is InChI=1S/C11H24N2O/c1-5-7-12-8-9-13(6-2)11(3)10-14-4/h5,11-12H,1,6-10H2,2-4H3. The maximum absolute atomic E-state index is 5.14. The Kier molecular flexibility index (Phi) is 8.94. The number of rotatable bonds is 9. The van der Waals surface area contributed by atoms with Crippen molar-refractivity contribution in [2.45, 2.75) is 19.9 Å². The summed E-state index contributed by atoms with van der Waals surface area (Å²) in [6, 6.07) is 0.496. The lowest BCUT2D eigenvalue weighted by molar-refractivity contribution is 0.103. The van der Waals surface area contributed by atoms with Crippen LogP contribution in [0, 0.1) is 0 Å². The van der Waals surface area contributed by atoms with Crippen LogP contribution in [-0.4, -0.2) is 50.8 Å². The van der Waals surface area contributed by atoms with E-state index in [2.05, 4.69) is 30.6 Å². The molecule has 0 aliphatic carbocycles. The lowest BCUT2D eigenvalue weighted by Crippen LogP contribution is -2.40. The second-order valence-electron chi connectivity index (χ2n) is 3.43. The molecule has 1 unspecified atom stereocenters. The second kappa shape index (κ2) is 9.19. The van der Waals surface area contributed by atoms with E-state index in [-0.39, 0.29) is 0 Å². The van der Waals surface area contributed by atoms with Crippen LogP contribution in [0.25, 0.3) is 0 Å². The first-order valence-electron chi connectivity index (χ1n) is 5.30. The van der Waals surface area contributed by atoms with Crippen LogP contribution in [0.4, 0.5) is 0 Å². The summed E-state index contributed by atoms with van der Waals surface area (Å²) in [6.07, 6.45) is 1.88. The summed E-state index contributed by atoms with van der Waals surface area (Å²) in [5, 5.41) is 3.30. The van der Waals surface area contributed by atoms with Crippen molar-refractivity contribution in [3.63, 3.8) is 0 Å². The van der Waals surface area contributed by atoms with Crippen molar-refractivity contribution >= 4 is 0 Å². The van der Waals surface area contributed by atoms with Crippen LogP contribution >= 0.6 is 0 Å². The van der Waals surface area contributed by atoms with Gasteiger partial charge in [0, 0.05) is 32.8 Å². The highest BCUT2D eigenvalue weighted by molar-refractivity contribution is 4.71. The molecule has 84 valence electrons. The van der Waals surface area contributed by atoms with Crippen LogP contribution in [-0.2, 0) is 4.74 Å². The quantitative estimate of drug-likeness (QED) is 0.446. The number of ether oxygens (including phenoxy) is 1. The van der Waals surface area contributed by atoms with E-state index >= 15 is 0 Å². The molecule has 3 nitrogen and oxygen atoms in total. The Labute approximate surface area is 88.1 Å². The zero-order chi connectivity index (χ0) is 10.8. The number of methoxy groups -OCH3 is 1. The smallest absolute Gasteiger partial charge is 0.0615 e. The number of likely N-dealkylation sites (N-methyl/N-ethyl adjacent to an activating group) is 1. The fourth-order valence-corrected chi connectivity index (χ4v) is 1.46. The summed E-state index contributed by atoms with van der Waals surface area (Å²) in [4.78, 5) is 2.40. The number of nitrogens with one attached hydrogen (secondary N) is 1. The molecule has 0 fully saturated rings. The first-order chi connectivity index (χ1) is 6.76. The molecule has 1 N–H and O–H groups in total. The van der Waals surface area contributed by atoms with Gasteiger partial charge in [-0.1, -0.05) is 13.0 Å². The average molecular weight is 200 g/mol. The Balaban J connectivity index is 3.60. The molecular formula is C11H24N2O. The number of hydrogen-bond donors (Lipinski definition) is 1. The van der Waals surface area contributed by atoms with Crippen LogP contribution in [0.2, 0.25) is 0 Å². The Morgan fingerprint density at radius 1 is 1.57 bits per heavy atom. The summed E-state index contributed by atoms with van der Waals surface area (Å²) in [5.41, 5.74) is 0. The lowest BCUT2D eigenvalue weighted by Gasteiger charge is -2.27. The van der Waals surface area contributed by atoms with Gasteiger partial charge in [0.05, 0.1) is 6.61 Å². The van der Waals surface area contributed by atoms with E-state index in [0.717, 1.165) is 32.8 Å². The van der Waals surface area contributed by atoms with E-state index in [1.165, 1.54) is 0 Å². The van der Waals surface area contributed by atoms with Crippen molar-refractivity contribution in [1.82, 2.24) is 10.2 Å². The summed E-state index contributed by atoms with van der Waals surface area (Å²) in [6.45, 7) is 12.9. The van der Waals surface area contributed by atoms with Crippen molar-refractivity contribution in [2.75, 3.05) is 39.9 Å². The van der Waals surface area contributed by atoms with Crippen LogP contribution in [0.5, 0.6) is 0 Å². The van der Waals surface area contributed by atoms with Gasteiger partial charge in [-0.05, 0) is 13.5 Å². The zero-order valence-corrected chi connectivity index (χ0v) is 9.75. The van der Waals surface area contributed by atoms with E-state index in [4.69, 9.17) is 4.74 Å². The fraction of sp³-hybridized carbons (Fsp3) is 0.818. The zero-order valence-electron chi connectivity index (χ0n) is 9.75. The molecular weight excluding hydrogens is 176 g/mol. The first-order valence-corrected chi connectivity index (χ1v) is 5.30. The Morgan fingerprint density at radius 2 is 2.29 bits per heavy atom. The summed E-state index contributed by atoms with van der Waals surface area (Å²) in [7, 11) is 1.75. The molecule has 0 aliphatic heterocycles. The normalized spacial score (nSPS) is 13.1. The highest BCUT2D eigenvalue weighted by Gasteiger charge is 2.10. The van der Waals surface area contributed by atoms with Crippen LogP contribution in [0.15, 0.2) is 12.7 Å². The minimum atomic E-state index is 0.496. The third-order valence-corrected chi connectivity index (χ3v) is 2.30. The molecule has 0 saturated heterocycles. The van der Waals surface area contributed by atoms with E-state index < -0.39 is 0 Å². The van der Waals surface area contributed by atoms with Crippen molar-refractivity contribution in [1.29, 1.82) is 0 Å². The molecule has 3 heteroatoms. The maximum atomic E-state index is 5.14. The van der Waals surface area contributed by atoms with Crippen molar-refractivity contribution in [3.05, 3.63) is 12.7 Å². The molecule has 0 saturated carbocycles. The third kappa shape index (κ3) is 6.13. The van der Waals surface area contributed by atoms with E-state index in [9.17, 15) is 0 Å². The first kappa shape index (κ1) is 13.6. The third-order valence-electron chi connectivity index (χ3n) is 2.30. The van der Waals surface area contributed by atoms with Crippen molar-refractivity contribution < 1.29 is 4.74 Å². The SMILES string of the molecule is C=CCNCCN(CC)C(C)COC. The van der Waals surface area contributed by atoms with Gasteiger partial charge in [-0.15, -0.1) is 6.58 Å². The van der Waals surface area contributed by atoms with Crippen LogP contribution in [0.1, 0.15) is 13.8 Å². The molecule has 0 amide bonds. The highest BCUT2D eigenvalue weighted by atomic mass is 16.5. The topological polar surface area (TPSA) is 24.5 Å². The van der Waals surface area contributed by atoms with Gasteiger partial charge >= 0.3 is 0 Å². The summed E-state index contributed by atoms with van der Waals surface area (Å²) in [5.74, 6) is 0. The van der Waals surface area contributed by atoms with Gasteiger partial charge in [0.1, 0.15) is 0 Å². The van der Waals surface area contributed by atoms with Crippen molar-refractivity contribution in [3.8, 4) is 0 Å². The predicted octanol–water partition coefficient (Wildman–Crippen LogP) is 1.12. The molecule has 0 aromatic carbocycles. The van der Waals surface area contributed by atoms with Crippen LogP contribution < -0.4 is 5.32 Å². The maximum Gasteiger partial charge on any atom is 0.0615 e. The van der Waals surface area contributed by atoms with Gasteiger partial charge in [0.15, 0.2) is 0 Å². The van der Waals surface area contributed by atoms with Gasteiger partial charge in [0.2, 0.25) is 0 Å². The number of hydrogen-bond acceptors (Lipinski definition) is 3. The predicted molar refractivity (Wildman–Crippen MR) is 61.7 cm³/mol. The van der Waals surface area contributed by atoms with Gasteiger partial charge in [-0.25, -0.2) is 0 Å². The van der Waals surface area contributed by atoms with Gasteiger partial charge in [-0.3, -0.25) is 4.90 Å². The lowest BCUT2D eigenvalue weighted by atomic mass is 10.3. The fourth-order valence-electron chi connectivity index (χ4n) is 1.46. The van der Waals surface area contributed by atoms with E-state index in [0.29, 0.717) is 6.04 Å². The molecule has 0 aliphatic rings. The molecule has 0 heterocycles. The molecule has 0 radical (unpaired) electrons. The Hall–Kier alpha value is -0.380. The van der Waals surface area contributed by atoms with E-state index in [1.54, 1.807) is 7.11 Å². The minimum absolute atomic E-state index is 0.496. The van der Waals surface area contributed by atoms with E-state index in [1.807, 2.05) is 6.08 Å². The molecule has 0 aromatic rings. The number of nitrogens with zero attached hydrogens (tertiary/aromatic N) is 1. The highest BCUT2D eigenvalue weighted by Crippen LogP contribution is 1.97. The summed E-state index contributed by atoms with van der Waals surface area (Å²) >= 11 is 0. The van der Waals surface area contributed by atoms with Crippen LogP contribution in [0.3, 0.4) is 0 Å². The Morgan fingerprint density at radius 3 is 2.79 bits per heavy atom. The molecule has 0 bridgehead atoms. The van der Waals surface area contributed by atoms with Crippen molar-refractivity contribution in [2.24, 2.45) is 0 Å². The van der Waals surface area contributed by atoms with Gasteiger partial charge < -0.3 is 10.1 Å².